The molecule has 0 fully saturated rings. The fraction of sp³-hybridized carbons (Fsp3) is 0.627. The standard InChI is InChI=1S/C51H82N2O4Si/c1-7-9-11-13-14-15-16-17-18-20-28-34-50(54)53-45(43-57-58(51(3,4)5,48-30-24-21-25-31-48)49-32-26-22-27-33-49)41-52-40-39-47(29-23-19-12-10-8-2)56-42-44-35-37-46(55-6)38-36-44/h21-22,24-27,30-33,35-38,45,47,52H,7-20,23,28-29,34,39-43H2,1-6H3,(H,53,54)/t45-,47-/m1/s1. The Kier molecular flexibility index (Phi) is 24.9. The second kappa shape index (κ2) is 29.3. The summed E-state index contributed by atoms with van der Waals surface area (Å²) in [5, 5.41) is 9.53. The number of ether oxygens (including phenoxy) is 2. The number of amides is 1. The number of carbonyl (C=O) groups is 1. The van der Waals surface area contributed by atoms with Crippen molar-refractivity contribution in [3.8, 4) is 5.75 Å². The molecule has 0 saturated heterocycles. The summed E-state index contributed by atoms with van der Waals surface area (Å²) in [6.45, 7) is 14.0. The van der Waals surface area contributed by atoms with Crippen LogP contribution in [0.1, 0.15) is 162 Å². The lowest BCUT2D eigenvalue weighted by atomic mass is 10.1. The highest BCUT2D eigenvalue weighted by molar-refractivity contribution is 6.99. The summed E-state index contributed by atoms with van der Waals surface area (Å²) in [4.78, 5) is 13.6. The van der Waals surface area contributed by atoms with E-state index in [9.17, 15) is 4.79 Å². The first-order valence-electron chi connectivity index (χ1n) is 23.2. The van der Waals surface area contributed by atoms with Crippen molar-refractivity contribution in [1.82, 2.24) is 10.6 Å². The van der Waals surface area contributed by atoms with Crippen LogP contribution >= 0.6 is 0 Å². The molecule has 3 aromatic rings. The Morgan fingerprint density at radius 2 is 1.17 bits per heavy atom. The molecule has 0 saturated carbocycles. The quantitative estimate of drug-likeness (QED) is 0.0473. The second-order valence-electron chi connectivity index (χ2n) is 17.5. The van der Waals surface area contributed by atoms with Crippen LogP contribution in [0.25, 0.3) is 0 Å². The van der Waals surface area contributed by atoms with E-state index < -0.39 is 8.32 Å². The molecule has 0 aliphatic carbocycles. The largest absolute Gasteiger partial charge is 0.497 e. The van der Waals surface area contributed by atoms with Crippen LogP contribution in [0.5, 0.6) is 5.75 Å². The lowest BCUT2D eigenvalue weighted by Crippen LogP contribution is -2.67. The molecule has 324 valence electrons. The molecule has 0 spiro atoms. The van der Waals surface area contributed by atoms with Gasteiger partial charge in [0.05, 0.1) is 32.5 Å². The predicted octanol–water partition coefficient (Wildman–Crippen LogP) is 11.7. The average Bonchev–Trinajstić information content (AvgIpc) is 3.23. The number of benzene rings is 3. The molecular formula is C51H82N2O4Si. The molecule has 0 bridgehead atoms. The number of hydrogen-bond acceptors (Lipinski definition) is 5. The molecule has 0 aliphatic heterocycles. The zero-order valence-corrected chi connectivity index (χ0v) is 38.6. The highest BCUT2D eigenvalue weighted by Gasteiger charge is 2.50. The van der Waals surface area contributed by atoms with Gasteiger partial charge in [0.1, 0.15) is 5.75 Å². The molecule has 7 heteroatoms. The van der Waals surface area contributed by atoms with Crippen LogP contribution in [0.3, 0.4) is 0 Å². The van der Waals surface area contributed by atoms with Gasteiger partial charge in [-0.3, -0.25) is 4.79 Å². The lowest BCUT2D eigenvalue weighted by Gasteiger charge is -2.43. The first kappa shape index (κ1) is 49.4. The number of methoxy groups -OCH3 is 1. The van der Waals surface area contributed by atoms with Gasteiger partial charge in [0.15, 0.2) is 0 Å². The van der Waals surface area contributed by atoms with E-state index in [0.29, 0.717) is 26.2 Å². The average molecular weight is 815 g/mol. The fourth-order valence-corrected chi connectivity index (χ4v) is 12.8. The Bertz CT molecular complexity index is 1410. The summed E-state index contributed by atoms with van der Waals surface area (Å²) in [5.74, 6) is 0.987. The number of rotatable bonds is 33. The molecule has 0 unspecified atom stereocenters. The van der Waals surface area contributed by atoms with Crippen LogP contribution < -0.4 is 25.7 Å². The molecule has 6 nitrogen and oxygen atoms in total. The maximum Gasteiger partial charge on any atom is 0.261 e. The van der Waals surface area contributed by atoms with Gasteiger partial charge in [-0.2, -0.15) is 0 Å². The molecule has 3 rings (SSSR count). The van der Waals surface area contributed by atoms with E-state index in [1.165, 1.54) is 100 Å². The molecule has 1 amide bonds. The summed E-state index contributed by atoms with van der Waals surface area (Å²) in [6.07, 6.45) is 22.9. The number of nitrogens with one attached hydrogen (secondary N) is 2. The van der Waals surface area contributed by atoms with Gasteiger partial charge >= 0.3 is 0 Å². The topological polar surface area (TPSA) is 68.8 Å². The summed E-state index contributed by atoms with van der Waals surface area (Å²) >= 11 is 0. The molecule has 0 aliphatic rings. The van der Waals surface area contributed by atoms with Crippen LogP contribution in [-0.4, -0.2) is 53.2 Å². The Morgan fingerprint density at radius 3 is 1.69 bits per heavy atom. The van der Waals surface area contributed by atoms with Gasteiger partial charge in [-0.25, -0.2) is 0 Å². The summed E-state index contributed by atoms with van der Waals surface area (Å²) in [6, 6.07) is 29.6. The number of carbonyl (C=O) groups excluding carboxylic acids is 1. The van der Waals surface area contributed by atoms with Crippen molar-refractivity contribution in [1.29, 1.82) is 0 Å². The summed E-state index contributed by atoms with van der Waals surface area (Å²) < 4.78 is 19.3. The smallest absolute Gasteiger partial charge is 0.261 e. The minimum absolute atomic E-state index is 0.126. The lowest BCUT2D eigenvalue weighted by molar-refractivity contribution is -0.122. The maximum absolute atomic E-state index is 13.6. The predicted molar refractivity (Wildman–Crippen MR) is 249 cm³/mol. The van der Waals surface area contributed by atoms with Gasteiger partial charge < -0.3 is 24.5 Å². The van der Waals surface area contributed by atoms with Gasteiger partial charge in [-0.05, 0) is 58.9 Å². The Hall–Kier alpha value is -2.97. The Balaban J connectivity index is 1.66. The monoisotopic (exact) mass is 815 g/mol. The van der Waals surface area contributed by atoms with E-state index in [0.717, 1.165) is 43.5 Å². The van der Waals surface area contributed by atoms with E-state index >= 15 is 0 Å². The van der Waals surface area contributed by atoms with Crippen LogP contribution in [-0.2, 0) is 20.6 Å². The van der Waals surface area contributed by atoms with Crippen molar-refractivity contribution >= 4 is 24.6 Å². The van der Waals surface area contributed by atoms with E-state index in [-0.39, 0.29) is 23.1 Å². The SMILES string of the molecule is CCCCCCCCCCCCCC(=O)N[C@H](CNCC[C@@H](CCCCCCC)OCc1ccc(OC)cc1)CO[Si](c1ccccc1)(c1ccccc1)C(C)(C)C. The molecule has 2 N–H and O–H groups in total. The third-order valence-corrected chi connectivity index (χ3v) is 16.6. The van der Waals surface area contributed by atoms with Crippen molar-refractivity contribution in [2.24, 2.45) is 0 Å². The molecule has 58 heavy (non-hydrogen) atoms. The normalized spacial score (nSPS) is 13.0. The Labute approximate surface area is 356 Å². The first-order valence-corrected chi connectivity index (χ1v) is 25.1. The third-order valence-electron chi connectivity index (χ3n) is 11.6. The summed E-state index contributed by atoms with van der Waals surface area (Å²) in [5.41, 5.74) is 1.16. The molecule has 2 atom stereocenters. The number of unbranched alkanes of at least 4 members (excludes halogenated alkanes) is 14. The van der Waals surface area contributed by atoms with Crippen molar-refractivity contribution in [3.05, 3.63) is 90.5 Å². The highest BCUT2D eigenvalue weighted by atomic mass is 28.4. The summed E-state index contributed by atoms with van der Waals surface area (Å²) in [7, 11) is -1.07. The van der Waals surface area contributed by atoms with Gasteiger partial charge in [-0.15, -0.1) is 0 Å². The van der Waals surface area contributed by atoms with Crippen molar-refractivity contribution in [3.63, 3.8) is 0 Å². The minimum Gasteiger partial charge on any atom is -0.497 e. The van der Waals surface area contributed by atoms with Crippen molar-refractivity contribution in [2.75, 3.05) is 26.8 Å². The maximum atomic E-state index is 13.6. The van der Waals surface area contributed by atoms with Gasteiger partial charge in [0.2, 0.25) is 5.91 Å². The Morgan fingerprint density at radius 1 is 0.655 bits per heavy atom. The van der Waals surface area contributed by atoms with Crippen molar-refractivity contribution in [2.45, 2.75) is 180 Å². The molecule has 0 heterocycles. The molecular weight excluding hydrogens is 733 g/mol. The zero-order chi connectivity index (χ0) is 41.7. The third kappa shape index (κ3) is 18.5. The first-order chi connectivity index (χ1) is 28.2. The fourth-order valence-electron chi connectivity index (χ4n) is 8.15. The highest BCUT2D eigenvalue weighted by Crippen LogP contribution is 2.36. The van der Waals surface area contributed by atoms with Crippen molar-refractivity contribution < 1.29 is 18.7 Å². The second-order valence-corrected chi connectivity index (χ2v) is 21.8. The van der Waals surface area contributed by atoms with E-state index in [4.69, 9.17) is 13.9 Å². The van der Waals surface area contributed by atoms with E-state index in [1.54, 1.807) is 7.11 Å². The molecule has 0 aromatic heterocycles. The number of hydrogen-bond donors (Lipinski definition) is 2. The van der Waals surface area contributed by atoms with Gasteiger partial charge in [-0.1, -0.05) is 204 Å². The van der Waals surface area contributed by atoms with Crippen LogP contribution in [0.15, 0.2) is 84.9 Å². The van der Waals surface area contributed by atoms with E-state index in [2.05, 4.69) is 118 Å². The van der Waals surface area contributed by atoms with Crippen LogP contribution in [0.4, 0.5) is 0 Å². The van der Waals surface area contributed by atoms with Gasteiger partial charge in [0.25, 0.3) is 8.32 Å². The minimum atomic E-state index is -2.77. The van der Waals surface area contributed by atoms with Crippen LogP contribution in [0, 0.1) is 0 Å². The van der Waals surface area contributed by atoms with E-state index in [1.807, 2.05) is 12.1 Å². The van der Waals surface area contributed by atoms with Crippen LogP contribution in [0.2, 0.25) is 5.04 Å². The molecule has 3 aromatic carbocycles. The zero-order valence-electron chi connectivity index (χ0n) is 37.6. The van der Waals surface area contributed by atoms with Gasteiger partial charge in [0, 0.05) is 13.0 Å². The molecule has 0 radical (unpaired) electrons.